The summed E-state index contributed by atoms with van der Waals surface area (Å²) in [5.41, 5.74) is 0. The van der Waals surface area contributed by atoms with E-state index in [4.69, 9.17) is 0 Å². The standard InChI is InChI=1S/C14H32N4O4S2.HI/c1-6-15-14(17-13(3)9-12-23(4,19)20)16-10-8-11-18(7-2)24(5,21)22;/h13H,6-12H2,1-5H3,(H2,15,16,17);1H. The summed E-state index contributed by atoms with van der Waals surface area (Å²) >= 11 is 0. The number of guanidine groups is 1. The zero-order valence-electron chi connectivity index (χ0n) is 15.8. The van der Waals surface area contributed by atoms with Gasteiger partial charge in [-0.05, 0) is 26.7 Å². The fraction of sp³-hybridized carbons (Fsp3) is 0.929. The van der Waals surface area contributed by atoms with Gasteiger partial charge in [0, 0.05) is 38.5 Å². The van der Waals surface area contributed by atoms with Crippen LogP contribution in [-0.2, 0) is 19.9 Å². The molecule has 0 aromatic carbocycles. The molecule has 0 bridgehead atoms. The Kier molecular flexibility index (Phi) is 14.2. The maximum absolute atomic E-state index is 11.5. The minimum absolute atomic E-state index is 0. The minimum atomic E-state index is -3.17. The summed E-state index contributed by atoms with van der Waals surface area (Å²) in [6, 6.07) is -0.0271. The SMILES string of the molecule is CCNC(=NCCCN(CC)S(C)(=O)=O)NC(C)CCS(C)(=O)=O.I. The monoisotopic (exact) mass is 512 g/mol. The van der Waals surface area contributed by atoms with Gasteiger partial charge < -0.3 is 10.6 Å². The molecule has 0 saturated heterocycles. The van der Waals surface area contributed by atoms with Crippen molar-refractivity contribution in [2.24, 2.45) is 4.99 Å². The van der Waals surface area contributed by atoms with Crippen LogP contribution in [0.15, 0.2) is 4.99 Å². The molecule has 0 aliphatic carbocycles. The van der Waals surface area contributed by atoms with Gasteiger partial charge >= 0.3 is 0 Å². The maximum atomic E-state index is 11.5. The van der Waals surface area contributed by atoms with E-state index in [1.807, 2.05) is 13.8 Å². The van der Waals surface area contributed by atoms with Gasteiger partial charge in [0.05, 0.1) is 12.0 Å². The molecule has 0 spiro atoms. The van der Waals surface area contributed by atoms with E-state index in [1.165, 1.54) is 16.8 Å². The van der Waals surface area contributed by atoms with Gasteiger partial charge in [0.25, 0.3) is 0 Å². The van der Waals surface area contributed by atoms with Gasteiger partial charge in [-0.15, -0.1) is 24.0 Å². The second kappa shape index (κ2) is 13.1. The first-order valence-corrected chi connectivity index (χ1v) is 12.1. The van der Waals surface area contributed by atoms with E-state index >= 15 is 0 Å². The fourth-order valence-electron chi connectivity index (χ4n) is 2.01. The van der Waals surface area contributed by atoms with Crippen molar-refractivity contribution in [3.05, 3.63) is 0 Å². The lowest BCUT2D eigenvalue weighted by molar-refractivity contribution is 0.427. The first-order chi connectivity index (χ1) is 11.0. The van der Waals surface area contributed by atoms with E-state index < -0.39 is 19.9 Å². The average Bonchev–Trinajstić information content (AvgIpc) is 2.43. The van der Waals surface area contributed by atoms with Crippen LogP contribution in [0.5, 0.6) is 0 Å². The molecule has 0 aromatic rings. The largest absolute Gasteiger partial charge is 0.357 e. The summed E-state index contributed by atoms with van der Waals surface area (Å²) in [4.78, 5) is 4.41. The van der Waals surface area contributed by atoms with Crippen LogP contribution < -0.4 is 10.6 Å². The molecule has 0 amide bonds. The molecule has 1 unspecified atom stereocenters. The first kappa shape index (κ1) is 27.1. The summed E-state index contributed by atoms with van der Waals surface area (Å²) in [7, 11) is -6.15. The van der Waals surface area contributed by atoms with Crippen molar-refractivity contribution in [1.29, 1.82) is 0 Å². The predicted molar refractivity (Wildman–Crippen MR) is 115 cm³/mol. The number of sulfone groups is 1. The van der Waals surface area contributed by atoms with Crippen LogP contribution in [-0.4, -0.2) is 77.6 Å². The highest BCUT2D eigenvalue weighted by Gasteiger charge is 2.13. The zero-order chi connectivity index (χ0) is 18.8. The van der Waals surface area contributed by atoms with E-state index in [1.54, 1.807) is 6.92 Å². The number of nitrogens with one attached hydrogen (secondary N) is 2. The second-order valence-electron chi connectivity index (χ2n) is 5.83. The van der Waals surface area contributed by atoms with Crippen LogP contribution in [0.1, 0.15) is 33.6 Å². The van der Waals surface area contributed by atoms with Crippen molar-refractivity contribution in [1.82, 2.24) is 14.9 Å². The Morgan fingerprint density at radius 3 is 2.20 bits per heavy atom. The fourth-order valence-corrected chi connectivity index (χ4v) is 3.72. The Hall–Kier alpha value is -0.140. The Balaban J connectivity index is 0. The molecule has 0 radical (unpaired) electrons. The van der Waals surface area contributed by atoms with Crippen LogP contribution >= 0.6 is 24.0 Å². The number of hydrogen-bond acceptors (Lipinski definition) is 5. The van der Waals surface area contributed by atoms with Gasteiger partial charge in [-0.1, -0.05) is 6.92 Å². The highest BCUT2D eigenvalue weighted by Crippen LogP contribution is 1.99. The van der Waals surface area contributed by atoms with E-state index in [2.05, 4.69) is 15.6 Å². The van der Waals surface area contributed by atoms with Gasteiger partial charge in [0.2, 0.25) is 10.0 Å². The van der Waals surface area contributed by atoms with Crippen LogP contribution in [0, 0.1) is 0 Å². The molecule has 2 N–H and O–H groups in total. The van der Waals surface area contributed by atoms with Crippen molar-refractivity contribution in [2.75, 3.05) is 44.4 Å². The van der Waals surface area contributed by atoms with E-state index in [0.29, 0.717) is 45.0 Å². The molecule has 0 saturated carbocycles. The van der Waals surface area contributed by atoms with Gasteiger partial charge in [0.15, 0.2) is 5.96 Å². The third-order valence-corrected chi connectivity index (χ3v) is 5.66. The minimum Gasteiger partial charge on any atom is -0.357 e. The summed E-state index contributed by atoms with van der Waals surface area (Å²) in [6.45, 7) is 7.71. The average molecular weight is 512 g/mol. The highest BCUT2D eigenvalue weighted by molar-refractivity contribution is 14.0. The van der Waals surface area contributed by atoms with Gasteiger partial charge in [-0.2, -0.15) is 0 Å². The van der Waals surface area contributed by atoms with Crippen LogP contribution in [0.3, 0.4) is 0 Å². The molecule has 25 heavy (non-hydrogen) atoms. The molecule has 0 heterocycles. The van der Waals surface area contributed by atoms with Crippen LogP contribution in [0.2, 0.25) is 0 Å². The summed E-state index contributed by atoms with van der Waals surface area (Å²) < 4.78 is 46.8. The molecular weight excluding hydrogens is 479 g/mol. The number of halogens is 1. The number of hydrogen-bond donors (Lipinski definition) is 2. The maximum Gasteiger partial charge on any atom is 0.211 e. The Morgan fingerprint density at radius 2 is 1.76 bits per heavy atom. The molecule has 11 heteroatoms. The van der Waals surface area contributed by atoms with Gasteiger partial charge in [0.1, 0.15) is 9.84 Å². The van der Waals surface area contributed by atoms with Crippen molar-refractivity contribution < 1.29 is 16.8 Å². The Bertz CT molecular complexity index is 594. The molecule has 0 fully saturated rings. The Labute approximate surface area is 170 Å². The predicted octanol–water partition coefficient (Wildman–Crippen LogP) is 0.654. The van der Waals surface area contributed by atoms with Crippen LogP contribution in [0.4, 0.5) is 0 Å². The smallest absolute Gasteiger partial charge is 0.211 e. The molecule has 0 aliphatic heterocycles. The lowest BCUT2D eigenvalue weighted by Gasteiger charge is -2.18. The zero-order valence-corrected chi connectivity index (χ0v) is 19.7. The number of rotatable bonds is 11. The summed E-state index contributed by atoms with van der Waals surface area (Å²) in [5, 5.41) is 6.27. The topological polar surface area (TPSA) is 108 Å². The molecule has 152 valence electrons. The van der Waals surface area contributed by atoms with E-state index in [-0.39, 0.29) is 35.8 Å². The molecule has 1 atom stereocenters. The van der Waals surface area contributed by atoms with Crippen molar-refractivity contribution in [3.8, 4) is 0 Å². The lowest BCUT2D eigenvalue weighted by Crippen LogP contribution is -2.43. The Morgan fingerprint density at radius 1 is 1.16 bits per heavy atom. The van der Waals surface area contributed by atoms with Crippen LogP contribution in [0.25, 0.3) is 0 Å². The van der Waals surface area contributed by atoms with Gasteiger partial charge in [-0.25, -0.2) is 21.1 Å². The van der Waals surface area contributed by atoms with Crippen molar-refractivity contribution >= 4 is 49.8 Å². The molecule has 0 rings (SSSR count). The lowest BCUT2D eigenvalue weighted by atomic mass is 10.3. The summed E-state index contributed by atoms with van der Waals surface area (Å²) in [5.74, 6) is 0.737. The summed E-state index contributed by atoms with van der Waals surface area (Å²) in [6.07, 6.45) is 3.55. The number of sulfonamides is 1. The quantitative estimate of drug-likeness (QED) is 0.182. The number of nitrogens with zero attached hydrogens (tertiary/aromatic N) is 2. The van der Waals surface area contributed by atoms with E-state index in [9.17, 15) is 16.8 Å². The van der Waals surface area contributed by atoms with Crippen molar-refractivity contribution in [3.63, 3.8) is 0 Å². The van der Waals surface area contributed by atoms with Crippen molar-refractivity contribution in [2.45, 2.75) is 39.7 Å². The first-order valence-electron chi connectivity index (χ1n) is 8.17. The molecule has 8 nitrogen and oxygen atoms in total. The molecular formula is C14H33IN4O4S2. The van der Waals surface area contributed by atoms with E-state index in [0.717, 1.165) is 0 Å². The molecule has 0 aliphatic rings. The normalized spacial score (nSPS) is 14.1. The molecule has 0 aromatic heterocycles. The van der Waals surface area contributed by atoms with Gasteiger partial charge in [-0.3, -0.25) is 4.99 Å². The third kappa shape index (κ3) is 14.7. The number of aliphatic imine (C=N–C) groups is 1. The third-order valence-electron chi connectivity index (χ3n) is 3.31. The highest BCUT2D eigenvalue weighted by atomic mass is 127. The second-order valence-corrected chi connectivity index (χ2v) is 10.1.